The van der Waals surface area contributed by atoms with Crippen LogP contribution in [0.15, 0.2) is 36.4 Å². The molecule has 0 fully saturated rings. The first kappa shape index (κ1) is 22.3. The predicted octanol–water partition coefficient (Wildman–Crippen LogP) is 3.24. The number of nitro benzene ring substituents is 1. The molecule has 0 atom stereocenters. The Balaban J connectivity index is 0.00000364. The number of hydrogen-bond donors (Lipinski definition) is 2. The number of ether oxygens (including phenoxy) is 3. The Bertz CT molecular complexity index is 741. The molecule has 27 heavy (non-hydrogen) atoms. The third-order valence-corrected chi connectivity index (χ3v) is 3.81. The van der Waals surface area contributed by atoms with Crippen LogP contribution in [-0.4, -0.2) is 39.3 Å². The average molecular weight is 398 g/mol. The predicted molar refractivity (Wildman–Crippen MR) is 107 cm³/mol. The van der Waals surface area contributed by atoms with Crippen molar-refractivity contribution in [1.29, 1.82) is 0 Å². The van der Waals surface area contributed by atoms with E-state index < -0.39 is 4.92 Å². The minimum atomic E-state index is -0.415. The Hall–Kier alpha value is -2.71. The number of nitrogens with one attached hydrogen (secondary N) is 2. The highest BCUT2D eigenvalue weighted by molar-refractivity contribution is 5.85. The second-order valence-corrected chi connectivity index (χ2v) is 5.40. The molecule has 148 valence electrons. The first-order chi connectivity index (χ1) is 12.6. The van der Waals surface area contributed by atoms with E-state index in [1.54, 1.807) is 33.5 Å². The summed E-state index contributed by atoms with van der Waals surface area (Å²) in [6, 6.07) is 10.1. The van der Waals surface area contributed by atoms with E-state index >= 15 is 0 Å². The molecular weight excluding hydrogens is 374 g/mol. The van der Waals surface area contributed by atoms with Crippen LogP contribution in [0.25, 0.3) is 0 Å². The third kappa shape index (κ3) is 5.90. The number of halogens is 1. The summed E-state index contributed by atoms with van der Waals surface area (Å²) in [6.07, 6.45) is 0. The van der Waals surface area contributed by atoms with Crippen LogP contribution in [0.2, 0.25) is 0 Å². The molecule has 0 radical (unpaired) electrons. The van der Waals surface area contributed by atoms with Gasteiger partial charge in [0, 0.05) is 43.0 Å². The van der Waals surface area contributed by atoms with Crippen molar-refractivity contribution >= 4 is 23.8 Å². The van der Waals surface area contributed by atoms with Crippen LogP contribution in [0.5, 0.6) is 17.2 Å². The number of anilines is 1. The highest BCUT2D eigenvalue weighted by Gasteiger charge is 2.15. The molecule has 0 heterocycles. The summed E-state index contributed by atoms with van der Waals surface area (Å²) >= 11 is 0. The highest BCUT2D eigenvalue weighted by atomic mass is 35.5. The van der Waals surface area contributed by atoms with Gasteiger partial charge < -0.3 is 24.8 Å². The van der Waals surface area contributed by atoms with Gasteiger partial charge in [-0.2, -0.15) is 0 Å². The van der Waals surface area contributed by atoms with E-state index in [0.717, 1.165) is 11.3 Å². The van der Waals surface area contributed by atoms with E-state index in [-0.39, 0.29) is 18.1 Å². The summed E-state index contributed by atoms with van der Waals surface area (Å²) < 4.78 is 16.1. The second-order valence-electron chi connectivity index (χ2n) is 5.40. The maximum Gasteiger partial charge on any atom is 0.269 e. The molecule has 0 spiro atoms. The van der Waals surface area contributed by atoms with Crippen molar-refractivity contribution in [2.45, 2.75) is 6.54 Å². The number of methoxy groups -OCH3 is 3. The fraction of sp³-hybridized carbons (Fsp3) is 0.333. The van der Waals surface area contributed by atoms with Gasteiger partial charge in [-0.3, -0.25) is 10.1 Å². The van der Waals surface area contributed by atoms with Gasteiger partial charge in [0.25, 0.3) is 5.69 Å². The summed E-state index contributed by atoms with van der Waals surface area (Å²) in [5, 5.41) is 17.2. The quantitative estimate of drug-likeness (QED) is 0.361. The van der Waals surface area contributed by atoms with Crippen molar-refractivity contribution in [2.24, 2.45) is 0 Å². The smallest absolute Gasteiger partial charge is 0.269 e. The Labute approximate surface area is 164 Å². The van der Waals surface area contributed by atoms with E-state index in [9.17, 15) is 10.1 Å². The molecule has 2 aromatic carbocycles. The summed E-state index contributed by atoms with van der Waals surface area (Å²) in [6.45, 7) is 1.98. The van der Waals surface area contributed by atoms with Crippen molar-refractivity contribution < 1.29 is 19.1 Å². The van der Waals surface area contributed by atoms with E-state index in [0.29, 0.717) is 36.9 Å². The van der Waals surface area contributed by atoms with Crippen LogP contribution >= 0.6 is 12.4 Å². The Kier molecular flexibility index (Phi) is 9.18. The van der Waals surface area contributed by atoms with Crippen molar-refractivity contribution in [2.75, 3.05) is 39.7 Å². The molecule has 0 unspecified atom stereocenters. The minimum absolute atomic E-state index is 0. The summed E-state index contributed by atoms with van der Waals surface area (Å²) in [4.78, 5) is 10.2. The molecular formula is C18H24ClN3O5. The zero-order valence-electron chi connectivity index (χ0n) is 15.5. The van der Waals surface area contributed by atoms with E-state index in [1.165, 1.54) is 12.1 Å². The number of benzene rings is 2. The van der Waals surface area contributed by atoms with Crippen molar-refractivity contribution in [1.82, 2.24) is 5.32 Å². The monoisotopic (exact) mass is 397 g/mol. The highest BCUT2D eigenvalue weighted by Crippen LogP contribution is 2.39. The second kappa shape index (κ2) is 11.1. The molecule has 2 N–H and O–H groups in total. The van der Waals surface area contributed by atoms with E-state index in [2.05, 4.69) is 10.6 Å². The zero-order valence-corrected chi connectivity index (χ0v) is 16.3. The number of non-ortho nitro benzene ring substituents is 1. The Morgan fingerprint density at radius 3 is 2.15 bits per heavy atom. The van der Waals surface area contributed by atoms with Crippen molar-refractivity contribution in [3.63, 3.8) is 0 Å². The number of nitrogens with zero attached hydrogens (tertiary/aromatic N) is 1. The lowest BCUT2D eigenvalue weighted by Gasteiger charge is -2.16. The topological polar surface area (TPSA) is 94.9 Å². The van der Waals surface area contributed by atoms with Crippen LogP contribution < -0.4 is 24.8 Å². The Morgan fingerprint density at radius 2 is 1.59 bits per heavy atom. The molecule has 0 saturated carbocycles. The lowest BCUT2D eigenvalue weighted by molar-refractivity contribution is -0.384. The molecule has 0 aromatic heterocycles. The van der Waals surface area contributed by atoms with Crippen LogP contribution in [0, 0.1) is 10.1 Å². The molecule has 2 aromatic rings. The normalized spacial score (nSPS) is 9.89. The van der Waals surface area contributed by atoms with Crippen LogP contribution in [-0.2, 0) is 6.54 Å². The molecule has 0 bridgehead atoms. The molecule has 0 saturated heterocycles. The van der Waals surface area contributed by atoms with Gasteiger partial charge in [-0.05, 0) is 18.2 Å². The fourth-order valence-corrected chi connectivity index (χ4v) is 2.52. The van der Waals surface area contributed by atoms with E-state index in [4.69, 9.17) is 14.2 Å². The summed E-state index contributed by atoms with van der Waals surface area (Å²) in [5.74, 6) is 1.83. The third-order valence-electron chi connectivity index (χ3n) is 3.81. The maximum absolute atomic E-state index is 10.6. The van der Waals surface area contributed by atoms with Gasteiger partial charge in [0.2, 0.25) is 5.75 Å². The number of nitro groups is 1. The van der Waals surface area contributed by atoms with Crippen molar-refractivity contribution in [3.8, 4) is 17.2 Å². The molecule has 0 aliphatic rings. The minimum Gasteiger partial charge on any atom is -0.493 e. The van der Waals surface area contributed by atoms with Gasteiger partial charge in [0.15, 0.2) is 11.5 Å². The molecule has 2 rings (SSSR count). The zero-order chi connectivity index (χ0) is 18.9. The van der Waals surface area contributed by atoms with Gasteiger partial charge in [-0.25, -0.2) is 0 Å². The van der Waals surface area contributed by atoms with Gasteiger partial charge in [-0.15, -0.1) is 12.4 Å². The van der Waals surface area contributed by atoms with Crippen LogP contribution in [0.3, 0.4) is 0 Å². The molecule has 9 heteroatoms. The van der Waals surface area contributed by atoms with Crippen LogP contribution in [0.1, 0.15) is 5.56 Å². The van der Waals surface area contributed by atoms with Gasteiger partial charge in [-0.1, -0.05) is 6.07 Å². The number of rotatable bonds is 10. The standard InChI is InChI=1S/C18H23N3O5.ClH/c1-24-16-9-4-13(17(25-2)18(16)26-3)12-19-10-11-20-14-5-7-15(8-6-14)21(22)23;/h4-9,19-20H,10-12H2,1-3H3;1H. The number of hydrogen-bond acceptors (Lipinski definition) is 7. The summed E-state index contributed by atoms with van der Waals surface area (Å²) in [7, 11) is 4.75. The molecule has 0 aliphatic heterocycles. The van der Waals surface area contributed by atoms with Crippen molar-refractivity contribution in [3.05, 3.63) is 52.1 Å². The fourth-order valence-electron chi connectivity index (χ4n) is 2.52. The maximum atomic E-state index is 10.6. The average Bonchev–Trinajstić information content (AvgIpc) is 2.67. The van der Waals surface area contributed by atoms with Gasteiger partial charge in [0.05, 0.1) is 26.3 Å². The lowest BCUT2D eigenvalue weighted by Crippen LogP contribution is -2.22. The lowest BCUT2D eigenvalue weighted by atomic mass is 10.1. The van der Waals surface area contributed by atoms with E-state index in [1.807, 2.05) is 12.1 Å². The molecule has 0 aliphatic carbocycles. The first-order valence-electron chi connectivity index (χ1n) is 8.07. The first-order valence-corrected chi connectivity index (χ1v) is 8.07. The van der Waals surface area contributed by atoms with Crippen LogP contribution in [0.4, 0.5) is 11.4 Å². The Morgan fingerprint density at radius 1 is 0.926 bits per heavy atom. The molecule has 8 nitrogen and oxygen atoms in total. The largest absolute Gasteiger partial charge is 0.493 e. The van der Waals surface area contributed by atoms with Gasteiger partial charge >= 0.3 is 0 Å². The van der Waals surface area contributed by atoms with Gasteiger partial charge in [0.1, 0.15) is 0 Å². The summed E-state index contributed by atoms with van der Waals surface area (Å²) in [5.41, 5.74) is 1.87. The molecule has 0 amide bonds. The SMILES string of the molecule is COc1ccc(CNCCNc2ccc([N+](=O)[O-])cc2)c(OC)c1OC.Cl.